The van der Waals surface area contributed by atoms with E-state index in [4.69, 9.17) is 5.73 Å². The van der Waals surface area contributed by atoms with Crippen LogP contribution in [0.3, 0.4) is 0 Å². The van der Waals surface area contributed by atoms with Crippen LogP contribution in [-0.4, -0.2) is 37.8 Å². The number of sulfone groups is 1. The highest BCUT2D eigenvalue weighted by Gasteiger charge is 2.20. The second kappa shape index (κ2) is 7.81. The first kappa shape index (κ1) is 20.5. The summed E-state index contributed by atoms with van der Waals surface area (Å²) in [7, 11) is -1.42. The summed E-state index contributed by atoms with van der Waals surface area (Å²) in [4.78, 5) is 14.2. The number of hydrogen-bond acceptors (Lipinski definition) is 6. The van der Waals surface area contributed by atoms with Crippen molar-refractivity contribution in [3.8, 4) is 11.1 Å². The van der Waals surface area contributed by atoms with Gasteiger partial charge >= 0.3 is 0 Å². The molecule has 1 heterocycles. The van der Waals surface area contributed by atoms with Crippen molar-refractivity contribution in [2.24, 2.45) is 5.73 Å². The van der Waals surface area contributed by atoms with E-state index in [0.717, 1.165) is 22.2 Å². The van der Waals surface area contributed by atoms with Crippen molar-refractivity contribution in [1.82, 2.24) is 10.2 Å². The van der Waals surface area contributed by atoms with Gasteiger partial charge in [-0.3, -0.25) is 4.79 Å². The lowest BCUT2D eigenvalue weighted by Crippen LogP contribution is -2.21. The molecule has 1 amide bonds. The number of para-hydroxylation sites is 1. The molecule has 31 heavy (non-hydrogen) atoms. The zero-order valence-corrected chi connectivity index (χ0v) is 17.8. The Morgan fingerprint density at radius 2 is 1.55 bits per heavy atom. The highest BCUT2D eigenvalue weighted by atomic mass is 32.2. The Kier molecular flexibility index (Phi) is 5.16. The Morgan fingerprint density at radius 3 is 2.16 bits per heavy atom. The molecule has 4 aromatic rings. The minimum atomic E-state index is -3.26. The fourth-order valence-electron chi connectivity index (χ4n) is 3.45. The molecule has 0 aliphatic rings. The minimum Gasteiger partial charge on any atom is -0.364 e. The molecular formula is C23H20N4O3S. The predicted molar refractivity (Wildman–Crippen MR) is 121 cm³/mol. The van der Waals surface area contributed by atoms with Gasteiger partial charge in [-0.1, -0.05) is 36.4 Å². The zero-order chi connectivity index (χ0) is 22.2. The van der Waals surface area contributed by atoms with Gasteiger partial charge in [-0.05, 0) is 47.5 Å². The summed E-state index contributed by atoms with van der Waals surface area (Å²) in [6.45, 7) is 0. The van der Waals surface area contributed by atoms with E-state index in [1.807, 2.05) is 60.5 Å². The molecule has 0 saturated carbocycles. The van der Waals surface area contributed by atoms with Gasteiger partial charge in [0.25, 0.3) is 5.91 Å². The monoisotopic (exact) mass is 432 g/mol. The molecule has 0 unspecified atom stereocenters. The molecule has 1 aromatic heterocycles. The SMILES string of the molecule is CN(c1ccccc1)c1c(C(N)=O)nnc2cc(-c3ccc(S(C)(=O)=O)cc3)ccc12. The molecule has 0 bridgehead atoms. The smallest absolute Gasteiger partial charge is 0.271 e. The maximum absolute atomic E-state index is 12.0. The van der Waals surface area contributed by atoms with Crippen LogP contribution in [0.2, 0.25) is 0 Å². The number of amides is 1. The lowest BCUT2D eigenvalue weighted by molar-refractivity contribution is 0.0995. The van der Waals surface area contributed by atoms with Gasteiger partial charge < -0.3 is 10.6 Å². The number of benzene rings is 3. The van der Waals surface area contributed by atoms with E-state index >= 15 is 0 Å². The van der Waals surface area contributed by atoms with Gasteiger partial charge in [0.1, 0.15) is 0 Å². The standard InChI is InChI=1S/C23H20N4O3S/c1-27(17-6-4-3-5-7-17)22-19-13-10-16(14-20(19)25-26-21(22)23(24)28)15-8-11-18(12-9-15)31(2,29)30/h3-14H,1-2H3,(H2,24,28). The second-order valence-electron chi connectivity index (χ2n) is 7.18. The number of nitrogens with two attached hydrogens (primary N) is 1. The molecule has 0 aliphatic carbocycles. The summed E-state index contributed by atoms with van der Waals surface area (Å²) < 4.78 is 23.4. The molecule has 0 spiro atoms. The number of fused-ring (bicyclic) bond motifs is 1. The van der Waals surface area contributed by atoms with Gasteiger partial charge in [-0.2, -0.15) is 0 Å². The fourth-order valence-corrected chi connectivity index (χ4v) is 4.08. The van der Waals surface area contributed by atoms with Gasteiger partial charge in [-0.25, -0.2) is 8.42 Å². The van der Waals surface area contributed by atoms with Crippen LogP contribution >= 0.6 is 0 Å². The number of hydrogen-bond donors (Lipinski definition) is 1. The molecule has 0 saturated heterocycles. The van der Waals surface area contributed by atoms with Gasteiger partial charge in [0.2, 0.25) is 0 Å². The van der Waals surface area contributed by atoms with Crippen LogP contribution in [0.4, 0.5) is 11.4 Å². The van der Waals surface area contributed by atoms with Crippen LogP contribution in [-0.2, 0) is 9.84 Å². The predicted octanol–water partition coefficient (Wildman–Crippen LogP) is 3.57. The van der Waals surface area contributed by atoms with Crippen LogP contribution in [0.1, 0.15) is 10.5 Å². The van der Waals surface area contributed by atoms with Crippen molar-refractivity contribution in [3.63, 3.8) is 0 Å². The Bertz CT molecular complexity index is 1390. The maximum Gasteiger partial charge on any atom is 0.271 e. The first-order valence-electron chi connectivity index (χ1n) is 9.45. The van der Waals surface area contributed by atoms with E-state index in [2.05, 4.69) is 10.2 Å². The third-order valence-corrected chi connectivity index (χ3v) is 6.19. The van der Waals surface area contributed by atoms with Crippen LogP contribution in [0, 0.1) is 0 Å². The molecule has 4 rings (SSSR count). The molecule has 3 aromatic carbocycles. The highest BCUT2D eigenvalue weighted by molar-refractivity contribution is 7.90. The molecule has 0 atom stereocenters. The quantitative estimate of drug-likeness (QED) is 0.517. The third kappa shape index (κ3) is 3.97. The Labute approximate surface area is 180 Å². The third-order valence-electron chi connectivity index (χ3n) is 5.06. The maximum atomic E-state index is 12.0. The highest BCUT2D eigenvalue weighted by Crippen LogP contribution is 2.34. The molecule has 7 nitrogen and oxygen atoms in total. The largest absolute Gasteiger partial charge is 0.364 e. The number of aromatic nitrogens is 2. The van der Waals surface area contributed by atoms with Crippen molar-refractivity contribution >= 4 is 38.0 Å². The van der Waals surface area contributed by atoms with Crippen molar-refractivity contribution in [3.05, 3.63) is 78.5 Å². The van der Waals surface area contributed by atoms with E-state index in [1.165, 1.54) is 6.26 Å². The van der Waals surface area contributed by atoms with Crippen LogP contribution in [0.5, 0.6) is 0 Å². The van der Waals surface area contributed by atoms with E-state index in [-0.39, 0.29) is 10.6 Å². The number of anilines is 2. The van der Waals surface area contributed by atoms with E-state index in [0.29, 0.717) is 11.2 Å². The van der Waals surface area contributed by atoms with Crippen molar-refractivity contribution < 1.29 is 13.2 Å². The van der Waals surface area contributed by atoms with Crippen LogP contribution < -0.4 is 10.6 Å². The summed E-state index contributed by atoms with van der Waals surface area (Å²) in [5.41, 5.74) is 9.39. The molecule has 8 heteroatoms. The number of primary amides is 1. The van der Waals surface area contributed by atoms with Crippen molar-refractivity contribution in [1.29, 1.82) is 0 Å². The Morgan fingerprint density at radius 1 is 0.903 bits per heavy atom. The van der Waals surface area contributed by atoms with Crippen LogP contribution in [0.15, 0.2) is 77.7 Å². The number of carbonyl (C=O) groups excluding carboxylic acids is 1. The van der Waals surface area contributed by atoms with Crippen molar-refractivity contribution in [2.75, 3.05) is 18.2 Å². The lowest BCUT2D eigenvalue weighted by atomic mass is 10.0. The normalized spacial score (nSPS) is 11.4. The van der Waals surface area contributed by atoms with E-state index in [1.54, 1.807) is 24.3 Å². The second-order valence-corrected chi connectivity index (χ2v) is 9.20. The molecule has 0 radical (unpaired) electrons. The lowest BCUT2D eigenvalue weighted by Gasteiger charge is -2.22. The summed E-state index contributed by atoms with van der Waals surface area (Å²) in [6.07, 6.45) is 1.18. The summed E-state index contributed by atoms with van der Waals surface area (Å²) in [5, 5.41) is 9.03. The summed E-state index contributed by atoms with van der Waals surface area (Å²) in [6, 6.07) is 21.8. The first-order valence-corrected chi connectivity index (χ1v) is 11.3. The van der Waals surface area contributed by atoms with Gasteiger partial charge in [0.05, 0.1) is 16.1 Å². The average molecular weight is 433 g/mol. The van der Waals surface area contributed by atoms with Crippen LogP contribution in [0.25, 0.3) is 22.0 Å². The molecular weight excluding hydrogens is 412 g/mol. The Hall–Kier alpha value is -3.78. The van der Waals surface area contributed by atoms with E-state index in [9.17, 15) is 13.2 Å². The number of carbonyl (C=O) groups is 1. The summed E-state index contributed by atoms with van der Waals surface area (Å²) in [5.74, 6) is -0.660. The first-order chi connectivity index (χ1) is 14.8. The number of nitrogens with zero attached hydrogens (tertiary/aromatic N) is 3. The Balaban J connectivity index is 1.85. The summed E-state index contributed by atoms with van der Waals surface area (Å²) >= 11 is 0. The average Bonchev–Trinajstić information content (AvgIpc) is 2.77. The van der Waals surface area contributed by atoms with Gasteiger partial charge in [0, 0.05) is 24.4 Å². The van der Waals surface area contributed by atoms with Gasteiger partial charge in [0.15, 0.2) is 15.5 Å². The fraction of sp³-hybridized carbons (Fsp3) is 0.0870. The minimum absolute atomic E-state index is 0.0871. The topological polar surface area (TPSA) is 106 Å². The number of rotatable bonds is 5. The molecule has 2 N–H and O–H groups in total. The van der Waals surface area contributed by atoms with E-state index < -0.39 is 15.7 Å². The molecule has 156 valence electrons. The zero-order valence-electron chi connectivity index (χ0n) is 17.0. The molecule has 0 aliphatic heterocycles. The van der Waals surface area contributed by atoms with Crippen molar-refractivity contribution in [2.45, 2.75) is 4.90 Å². The molecule has 0 fully saturated rings. The van der Waals surface area contributed by atoms with Gasteiger partial charge in [-0.15, -0.1) is 10.2 Å².